The summed E-state index contributed by atoms with van der Waals surface area (Å²) in [7, 11) is 0. The quantitative estimate of drug-likeness (QED) is 0.320. The Bertz CT molecular complexity index is 775. The molecule has 0 aromatic carbocycles. The van der Waals surface area contributed by atoms with Gasteiger partial charge in [0.15, 0.2) is 0 Å². The van der Waals surface area contributed by atoms with E-state index >= 15 is 0 Å². The topological polar surface area (TPSA) is 111 Å². The lowest BCUT2D eigenvalue weighted by Crippen LogP contribution is -2.56. The largest absolute Gasteiger partial charge is 0.481 e. The van der Waals surface area contributed by atoms with E-state index in [2.05, 4.69) is 11.5 Å². The zero-order valence-corrected chi connectivity index (χ0v) is 19.9. The molecule has 2 bridgehead atoms. The van der Waals surface area contributed by atoms with Gasteiger partial charge in [0.25, 0.3) is 0 Å². The molecule has 2 amide bonds. The molecule has 2 unspecified atom stereocenters. The van der Waals surface area contributed by atoms with E-state index in [1.807, 2.05) is 0 Å². The van der Waals surface area contributed by atoms with E-state index in [1.54, 1.807) is 27.6 Å². The van der Waals surface area contributed by atoms with Gasteiger partial charge < -0.3 is 24.7 Å². The first-order valence-corrected chi connectivity index (χ1v) is 12.8. The molecule has 0 radical (unpaired) electrons. The summed E-state index contributed by atoms with van der Waals surface area (Å²) < 4.78 is 4.73. The summed E-state index contributed by atoms with van der Waals surface area (Å²) in [4.78, 5) is 45.4. The summed E-state index contributed by atoms with van der Waals surface area (Å²) >= 11 is 1.56. The second-order valence-corrected chi connectivity index (χ2v) is 11.0. The number of nitrogens with zero attached hydrogens (tertiary/aromatic N) is 3. The minimum Gasteiger partial charge on any atom is -0.481 e. The number of amides is 2. The number of fused-ring (bicyclic) bond motifs is 1. The zero-order chi connectivity index (χ0) is 23.6. The molecule has 10 heteroatoms. The van der Waals surface area contributed by atoms with E-state index in [0.29, 0.717) is 52.1 Å². The predicted molar refractivity (Wildman–Crippen MR) is 124 cm³/mol. The van der Waals surface area contributed by atoms with Crippen LogP contribution >= 0.6 is 11.8 Å². The molecular weight excluding hydrogens is 446 g/mol. The molecule has 33 heavy (non-hydrogen) atoms. The number of hydrogen-bond acceptors (Lipinski definition) is 7. The lowest BCUT2D eigenvalue weighted by Gasteiger charge is -2.38. The number of hydrogen-bond donors (Lipinski definition) is 2. The first kappa shape index (κ1) is 24.5. The molecule has 0 aromatic heterocycles. The summed E-state index contributed by atoms with van der Waals surface area (Å²) in [5.74, 6) is -2.66. The summed E-state index contributed by atoms with van der Waals surface area (Å²) in [5.41, 5.74) is 0. The van der Waals surface area contributed by atoms with Crippen LogP contribution < -0.4 is 0 Å². The Kier molecular flexibility index (Phi) is 7.67. The van der Waals surface area contributed by atoms with Crippen LogP contribution in [0.4, 0.5) is 0 Å². The van der Waals surface area contributed by atoms with Crippen molar-refractivity contribution < 1.29 is 29.3 Å². The molecule has 4 rings (SSSR count). The molecule has 5 atom stereocenters. The maximum absolute atomic E-state index is 14.0. The Balaban J connectivity index is 1.59. The van der Waals surface area contributed by atoms with E-state index < -0.39 is 28.6 Å². The summed E-state index contributed by atoms with van der Waals surface area (Å²) in [6.45, 7) is 8.86. The van der Waals surface area contributed by atoms with E-state index in [9.17, 15) is 24.6 Å². The molecule has 184 valence electrons. The number of rotatable bonds is 11. The van der Waals surface area contributed by atoms with Crippen molar-refractivity contribution in [2.24, 2.45) is 11.8 Å². The number of unbranched alkanes of at least 4 members (excludes halogenated alkanes) is 1. The standard InChI is InChI=1S/C23H35N3O6S/c1-2-7-25(10-9-24-11-14-32-15-12-24)21(29)19-23-6-5-16(33-23)17(22(30)31)18(23)20(28)26(19)8-3-4-13-27/h2,16-19,27H,1,3-15H2,(H,30,31)/t16-,17+,18+,19?,23?/m1/s1. The van der Waals surface area contributed by atoms with Crippen molar-refractivity contribution in [1.82, 2.24) is 14.7 Å². The number of aliphatic hydroxyl groups excluding tert-OH is 1. The van der Waals surface area contributed by atoms with Crippen LogP contribution in [0.3, 0.4) is 0 Å². The zero-order valence-electron chi connectivity index (χ0n) is 19.1. The van der Waals surface area contributed by atoms with Crippen molar-refractivity contribution in [3.05, 3.63) is 12.7 Å². The highest BCUT2D eigenvalue weighted by Crippen LogP contribution is 2.66. The molecule has 9 nitrogen and oxygen atoms in total. The van der Waals surface area contributed by atoms with Gasteiger partial charge in [0.05, 0.1) is 29.8 Å². The monoisotopic (exact) mass is 481 g/mol. The summed E-state index contributed by atoms with van der Waals surface area (Å²) in [6.07, 6.45) is 4.22. The highest BCUT2D eigenvalue weighted by atomic mass is 32.2. The normalized spacial score (nSPS) is 33.4. The van der Waals surface area contributed by atoms with Crippen molar-refractivity contribution in [2.45, 2.75) is 41.7 Å². The lowest BCUT2D eigenvalue weighted by atomic mass is 9.71. The van der Waals surface area contributed by atoms with Crippen LogP contribution in [0.1, 0.15) is 25.7 Å². The molecule has 4 aliphatic rings. The fourth-order valence-corrected chi connectivity index (χ4v) is 8.26. The van der Waals surface area contributed by atoms with Gasteiger partial charge in [0, 0.05) is 51.1 Å². The molecule has 2 N–H and O–H groups in total. The smallest absolute Gasteiger partial charge is 0.308 e. The summed E-state index contributed by atoms with van der Waals surface area (Å²) in [6, 6.07) is -0.669. The number of aliphatic hydroxyl groups is 1. The van der Waals surface area contributed by atoms with Crippen molar-refractivity contribution in [3.63, 3.8) is 0 Å². The van der Waals surface area contributed by atoms with Crippen molar-refractivity contribution in [2.75, 3.05) is 59.1 Å². The second kappa shape index (κ2) is 10.3. The lowest BCUT2D eigenvalue weighted by molar-refractivity contribution is -0.148. The van der Waals surface area contributed by atoms with Crippen LogP contribution in [0.2, 0.25) is 0 Å². The number of aliphatic carboxylic acids is 1. The maximum Gasteiger partial charge on any atom is 0.308 e. The Morgan fingerprint density at radius 1 is 1.27 bits per heavy atom. The number of carboxylic acid groups (broad SMARTS) is 1. The van der Waals surface area contributed by atoms with Gasteiger partial charge in [0.2, 0.25) is 11.8 Å². The van der Waals surface area contributed by atoms with Gasteiger partial charge in [-0.15, -0.1) is 18.3 Å². The molecular formula is C23H35N3O6S. The molecule has 0 aliphatic carbocycles. The van der Waals surface area contributed by atoms with Crippen molar-refractivity contribution in [1.29, 1.82) is 0 Å². The van der Waals surface area contributed by atoms with Gasteiger partial charge >= 0.3 is 5.97 Å². The number of likely N-dealkylation sites (tertiary alicyclic amines) is 1. The molecule has 4 heterocycles. The minimum absolute atomic E-state index is 0.0198. The van der Waals surface area contributed by atoms with Crippen molar-refractivity contribution in [3.8, 4) is 0 Å². The number of morpholine rings is 1. The Morgan fingerprint density at radius 3 is 2.70 bits per heavy atom. The van der Waals surface area contributed by atoms with Gasteiger partial charge in [-0.3, -0.25) is 19.3 Å². The van der Waals surface area contributed by atoms with Gasteiger partial charge in [-0.1, -0.05) is 6.08 Å². The van der Waals surface area contributed by atoms with Gasteiger partial charge in [-0.25, -0.2) is 0 Å². The maximum atomic E-state index is 14.0. The highest BCUT2D eigenvalue weighted by molar-refractivity contribution is 8.02. The fourth-order valence-electron chi connectivity index (χ4n) is 6.06. The summed E-state index contributed by atoms with van der Waals surface area (Å²) in [5, 5.41) is 19.0. The first-order valence-electron chi connectivity index (χ1n) is 12.0. The Labute approximate surface area is 199 Å². The van der Waals surface area contributed by atoms with Crippen LogP contribution in [-0.4, -0.2) is 118 Å². The minimum atomic E-state index is -0.939. The van der Waals surface area contributed by atoms with Gasteiger partial charge in [-0.2, -0.15) is 0 Å². The van der Waals surface area contributed by atoms with E-state index in [0.717, 1.165) is 26.1 Å². The predicted octanol–water partition coefficient (Wildman–Crippen LogP) is 0.282. The molecule has 1 spiro atoms. The number of carbonyl (C=O) groups is 3. The Hall–Kier alpha value is -1.62. The van der Waals surface area contributed by atoms with E-state index in [-0.39, 0.29) is 23.7 Å². The van der Waals surface area contributed by atoms with E-state index in [1.165, 1.54) is 0 Å². The van der Waals surface area contributed by atoms with Gasteiger partial charge in [0.1, 0.15) is 6.04 Å². The number of carbonyl (C=O) groups excluding carboxylic acids is 2. The fraction of sp³-hybridized carbons (Fsp3) is 0.783. The number of ether oxygens (including phenoxy) is 1. The first-order chi connectivity index (χ1) is 15.9. The molecule has 4 fully saturated rings. The third kappa shape index (κ3) is 4.42. The third-order valence-corrected chi connectivity index (χ3v) is 9.53. The number of thioether (sulfide) groups is 1. The molecule has 4 saturated heterocycles. The van der Waals surface area contributed by atoms with Crippen LogP contribution in [0.5, 0.6) is 0 Å². The molecule has 0 aromatic rings. The van der Waals surface area contributed by atoms with Crippen LogP contribution in [0, 0.1) is 11.8 Å². The molecule has 4 aliphatic heterocycles. The van der Waals surface area contributed by atoms with E-state index in [4.69, 9.17) is 4.74 Å². The van der Waals surface area contributed by atoms with Crippen molar-refractivity contribution >= 4 is 29.5 Å². The molecule has 0 saturated carbocycles. The number of carboxylic acids is 1. The van der Waals surface area contributed by atoms with Gasteiger partial charge in [-0.05, 0) is 25.7 Å². The van der Waals surface area contributed by atoms with Crippen LogP contribution in [0.25, 0.3) is 0 Å². The highest BCUT2D eigenvalue weighted by Gasteiger charge is 2.73. The average molecular weight is 482 g/mol. The van der Waals surface area contributed by atoms with Crippen LogP contribution in [-0.2, 0) is 19.1 Å². The second-order valence-electron chi connectivity index (χ2n) is 9.38. The SMILES string of the molecule is C=CCN(CCN1CCOCC1)C(=O)C1N(CCCCO)C(=O)[C@@H]2[C@@H](C(=O)O)[C@H]3CCC12S3. The van der Waals surface area contributed by atoms with Crippen LogP contribution in [0.15, 0.2) is 12.7 Å². The Morgan fingerprint density at radius 2 is 2.03 bits per heavy atom. The third-order valence-electron chi connectivity index (χ3n) is 7.58. The average Bonchev–Trinajstić information content (AvgIpc) is 3.45.